The fourth-order valence-electron chi connectivity index (χ4n) is 1.90. The van der Waals surface area contributed by atoms with E-state index in [4.69, 9.17) is 11.6 Å². The molecule has 0 fully saturated rings. The Morgan fingerprint density at radius 3 is 2.83 bits per heavy atom. The summed E-state index contributed by atoms with van der Waals surface area (Å²) in [6.45, 7) is 9.14. The van der Waals surface area contributed by atoms with Crippen LogP contribution in [0.2, 0.25) is 0 Å². The minimum absolute atomic E-state index is 0.614. The number of aryl methyl sites for hydroxylation is 2. The first-order chi connectivity index (χ1) is 8.60. The molecular formula is C13H23BrClN3. The van der Waals surface area contributed by atoms with Crippen LogP contribution in [0.5, 0.6) is 0 Å². The van der Waals surface area contributed by atoms with Gasteiger partial charge in [-0.25, -0.2) is 0 Å². The van der Waals surface area contributed by atoms with Crippen molar-refractivity contribution in [2.75, 3.05) is 12.4 Å². The van der Waals surface area contributed by atoms with Crippen molar-refractivity contribution in [2.45, 2.75) is 46.7 Å². The first kappa shape index (κ1) is 16.0. The third-order valence-corrected chi connectivity index (χ3v) is 4.62. The van der Waals surface area contributed by atoms with Gasteiger partial charge in [-0.15, -0.1) is 11.6 Å². The van der Waals surface area contributed by atoms with Gasteiger partial charge in [0.25, 0.3) is 0 Å². The maximum atomic E-state index is 5.79. The molecule has 1 heterocycles. The lowest BCUT2D eigenvalue weighted by atomic mass is 10.1. The zero-order chi connectivity index (χ0) is 13.5. The van der Waals surface area contributed by atoms with Crippen LogP contribution in [0.3, 0.4) is 0 Å². The largest absolute Gasteiger partial charge is 0.311 e. The summed E-state index contributed by atoms with van der Waals surface area (Å²) in [5, 5.41) is 7.96. The van der Waals surface area contributed by atoms with E-state index in [1.165, 1.54) is 18.5 Å². The zero-order valence-corrected chi connectivity index (χ0v) is 13.8. The van der Waals surface area contributed by atoms with Crippen molar-refractivity contribution in [1.29, 1.82) is 0 Å². The van der Waals surface area contributed by atoms with E-state index < -0.39 is 0 Å². The van der Waals surface area contributed by atoms with Gasteiger partial charge in [0.1, 0.15) is 0 Å². The van der Waals surface area contributed by atoms with Crippen molar-refractivity contribution in [2.24, 2.45) is 5.92 Å². The first-order valence-electron chi connectivity index (χ1n) is 6.58. The van der Waals surface area contributed by atoms with Gasteiger partial charge in [-0.1, -0.05) is 6.92 Å². The molecule has 1 unspecified atom stereocenters. The highest BCUT2D eigenvalue weighted by Gasteiger charge is 2.11. The molecule has 1 aromatic heterocycles. The van der Waals surface area contributed by atoms with Gasteiger partial charge in [-0.2, -0.15) is 5.10 Å². The number of hydrogen-bond acceptors (Lipinski definition) is 2. The average Bonchev–Trinajstić information content (AvgIpc) is 2.65. The molecular weight excluding hydrogens is 314 g/mol. The maximum Gasteiger partial charge on any atom is 0.0739 e. The number of aromatic nitrogens is 2. The Bertz CT molecular complexity index is 365. The van der Waals surface area contributed by atoms with Crippen LogP contribution in [0.25, 0.3) is 0 Å². The van der Waals surface area contributed by atoms with E-state index in [2.05, 4.69) is 40.2 Å². The second-order valence-corrected chi connectivity index (χ2v) is 5.84. The van der Waals surface area contributed by atoms with Gasteiger partial charge in [0.15, 0.2) is 0 Å². The van der Waals surface area contributed by atoms with E-state index in [1.807, 2.05) is 11.6 Å². The predicted octanol–water partition coefficient (Wildman–Crippen LogP) is 3.72. The first-order valence-corrected chi connectivity index (χ1v) is 7.91. The highest BCUT2D eigenvalue weighted by molar-refractivity contribution is 9.10. The highest BCUT2D eigenvalue weighted by Crippen LogP contribution is 2.20. The van der Waals surface area contributed by atoms with Crippen LogP contribution in [0.15, 0.2) is 4.47 Å². The van der Waals surface area contributed by atoms with Gasteiger partial charge in [-0.3, -0.25) is 4.68 Å². The van der Waals surface area contributed by atoms with Gasteiger partial charge in [-0.05, 0) is 55.1 Å². The second-order valence-electron chi connectivity index (χ2n) is 4.74. The summed E-state index contributed by atoms with van der Waals surface area (Å²) >= 11 is 9.39. The van der Waals surface area contributed by atoms with E-state index in [9.17, 15) is 0 Å². The van der Waals surface area contributed by atoms with Crippen molar-refractivity contribution in [3.05, 3.63) is 15.9 Å². The molecule has 0 amide bonds. The van der Waals surface area contributed by atoms with Crippen LogP contribution in [0.4, 0.5) is 0 Å². The molecule has 3 nitrogen and oxygen atoms in total. The van der Waals surface area contributed by atoms with Crippen LogP contribution in [-0.4, -0.2) is 22.2 Å². The molecule has 1 atom stereocenters. The van der Waals surface area contributed by atoms with Crippen LogP contribution in [0, 0.1) is 12.8 Å². The van der Waals surface area contributed by atoms with Crippen LogP contribution < -0.4 is 5.32 Å². The monoisotopic (exact) mass is 335 g/mol. The molecule has 1 aromatic rings. The van der Waals surface area contributed by atoms with Gasteiger partial charge in [0, 0.05) is 19.0 Å². The third-order valence-electron chi connectivity index (χ3n) is 3.06. The second kappa shape index (κ2) is 8.18. The summed E-state index contributed by atoms with van der Waals surface area (Å²) in [7, 11) is 0. The Morgan fingerprint density at radius 2 is 2.22 bits per heavy atom. The maximum absolute atomic E-state index is 5.79. The third kappa shape index (κ3) is 4.56. The van der Waals surface area contributed by atoms with Crippen LogP contribution >= 0.6 is 27.5 Å². The van der Waals surface area contributed by atoms with E-state index in [0.29, 0.717) is 5.92 Å². The minimum atomic E-state index is 0.614. The predicted molar refractivity (Wildman–Crippen MR) is 81.2 cm³/mol. The van der Waals surface area contributed by atoms with Crippen molar-refractivity contribution >= 4 is 27.5 Å². The molecule has 0 aliphatic rings. The molecule has 0 spiro atoms. The number of nitrogens with zero attached hydrogens (tertiary/aromatic N) is 2. The summed E-state index contributed by atoms with van der Waals surface area (Å²) in [4.78, 5) is 0. The van der Waals surface area contributed by atoms with E-state index in [1.54, 1.807) is 0 Å². The molecule has 0 radical (unpaired) electrons. The molecule has 104 valence electrons. The minimum Gasteiger partial charge on any atom is -0.311 e. The van der Waals surface area contributed by atoms with E-state index in [0.717, 1.165) is 35.7 Å². The lowest BCUT2D eigenvalue weighted by molar-refractivity contribution is 0.518. The summed E-state index contributed by atoms with van der Waals surface area (Å²) in [6.07, 6.45) is 2.36. The van der Waals surface area contributed by atoms with Crippen molar-refractivity contribution < 1.29 is 0 Å². The van der Waals surface area contributed by atoms with Gasteiger partial charge in [0.05, 0.1) is 15.9 Å². The SMILES string of the molecule is CCn1nc(C)c(Br)c1CNCCCC(C)CCl. The lowest BCUT2D eigenvalue weighted by Crippen LogP contribution is -2.18. The van der Waals surface area contributed by atoms with Gasteiger partial charge >= 0.3 is 0 Å². The quantitative estimate of drug-likeness (QED) is 0.579. The Labute approximate surface area is 123 Å². The molecule has 0 bridgehead atoms. The number of halogens is 2. The number of rotatable bonds is 8. The Morgan fingerprint density at radius 1 is 1.50 bits per heavy atom. The standard InChI is InChI=1S/C13H23BrClN3/c1-4-18-12(13(14)11(3)17-18)9-16-7-5-6-10(2)8-15/h10,16H,4-9H2,1-3H3. The highest BCUT2D eigenvalue weighted by atomic mass is 79.9. The zero-order valence-electron chi connectivity index (χ0n) is 11.5. The molecule has 1 N–H and O–H groups in total. The van der Waals surface area contributed by atoms with Gasteiger partial charge in [0.2, 0.25) is 0 Å². The van der Waals surface area contributed by atoms with Gasteiger partial charge < -0.3 is 5.32 Å². The van der Waals surface area contributed by atoms with Crippen molar-refractivity contribution in [3.8, 4) is 0 Å². The smallest absolute Gasteiger partial charge is 0.0739 e. The molecule has 0 aliphatic carbocycles. The number of hydrogen-bond donors (Lipinski definition) is 1. The topological polar surface area (TPSA) is 29.9 Å². The van der Waals surface area contributed by atoms with Crippen molar-refractivity contribution in [3.63, 3.8) is 0 Å². The molecule has 1 rings (SSSR count). The lowest BCUT2D eigenvalue weighted by Gasteiger charge is -2.09. The molecule has 0 saturated heterocycles. The average molecular weight is 337 g/mol. The fourth-order valence-corrected chi connectivity index (χ4v) is 2.48. The molecule has 0 aliphatic heterocycles. The Balaban J connectivity index is 2.35. The molecule has 0 aromatic carbocycles. The normalized spacial score (nSPS) is 12.9. The Kier molecular flexibility index (Phi) is 7.27. The fraction of sp³-hybridized carbons (Fsp3) is 0.769. The van der Waals surface area contributed by atoms with Crippen molar-refractivity contribution in [1.82, 2.24) is 15.1 Å². The Hall–Kier alpha value is -0.0600. The summed E-state index contributed by atoms with van der Waals surface area (Å²) in [6, 6.07) is 0. The number of alkyl halides is 1. The summed E-state index contributed by atoms with van der Waals surface area (Å²) < 4.78 is 3.18. The van der Waals surface area contributed by atoms with E-state index >= 15 is 0 Å². The molecule has 18 heavy (non-hydrogen) atoms. The number of nitrogens with one attached hydrogen (secondary N) is 1. The van der Waals surface area contributed by atoms with E-state index in [-0.39, 0.29) is 0 Å². The van der Waals surface area contributed by atoms with Crippen LogP contribution in [0.1, 0.15) is 38.1 Å². The molecule has 5 heteroatoms. The summed E-state index contributed by atoms with van der Waals surface area (Å²) in [5.41, 5.74) is 2.30. The van der Waals surface area contributed by atoms with Crippen LogP contribution in [-0.2, 0) is 13.1 Å². The molecule has 0 saturated carbocycles. The summed E-state index contributed by atoms with van der Waals surface area (Å²) in [5.74, 6) is 1.37.